The average Bonchev–Trinajstić information content (AvgIpc) is 3.43. The fourth-order valence-corrected chi connectivity index (χ4v) is 5.60. The third-order valence-electron chi connectivity index (χ3n) is 6.94. The number of ether oxygens (including phenoxy) is 2. The van der Waals surface area contributed by atoms with Crippen LogP contribution in [0.2, 0.25) is 0 Å². The summed E-state index contributed by atoms with van der Waals surface area (Å²) in [5.41, 5.74) is 6.50. The third kappa shape index (κ3) is 2.54. The van der Waals surface area contributed by atoms with Gasteiger partial charge in [-0.25, -0.2) is 0 Å². The molecule has 0 saturated carbocycles. The Morgan fingerprint density at radius 3 is 2.65 bits per heavy atom. The van der Waals surface area contributed by atoms with Gasteiger partial charge in [-0.2, -0.15) is 0 Å². The molecule has 0 bridgehead atoms. The Balaban J connectivity index is 1.36. The summed E-state index contributed by atoms with van der Waals surface area (Å²) in [6, 6.07) is 28.8. The van der Waals surface area contributed by atoms with E-state index in [9.17, 15) is 0 Å². The molecular weight excluding hydrogens is 384 g/mol. The van der Waals surface area contributed by atoms with Gasteiger partial charge in [0.15, 0.2) is 11.5 Å². The quantitative estimate of drug-likeness (QED) is 0.438. The van der Waals surface area contributed by atoms with Crippen LogP contribution in [0.4, 0.5) is 11.4 Å². The third-order valence-corrected chi connectivity index (χ3v) is 6.94. The summed E-state index contributed by atoms with van der Waals surface area (Å²) in [6.07, 6.45) is 0.917. The molecule has 0 fully saturated rings. The molecule has 3 atom stereocenters. The molecule has 3 aliphatic rings. The lowest BCUT2D eigenvalue weighted by molar-refractivity contribution is 0.174. The molecule has 0 aromatic heterocycles. The van der Waals surface area contributed by atoms with Crippen LogP contribution in [0.15, 0.2) is 78.9 Å². The van der Waals surface area contributed by atoms with Gasteiger partial charge in [0, 0.05) is 28.9 Å². The minimum atomic E-state index is 0.249. The Hall–Kier alpha value is -3.66. The van der Waals surface area contributed by atoms with E-state index in [2.05, 4.69) is 83.4 Å². The van der Waals surface area contributed by atoms with E-state index in [1.165, 1.54) is 38.8 Å². The van der Waals surface area contributed by atoms with Crippen LogP contribution in [-0.2, 0) is 6.42 Å². The molecule has 3 aliphatic heterocycles. The number of rotatable bonds is 2. The summed E-state index contributed by atoms with van der Waals surface area (Å²) in [6.45, 7) is 0.308. The molecule has 0 unspecified atom stereocenters. The standard InChI is InChI=1S/C27H22N2O2/c1-2-6-18-17(5-1)10-11-21-25(18)27-26(19-7-3-4-8-20(19)29-27)22(28-21)13-16-9-12-23-24(14-16)31-15-30-23/h1-12,14,22,26-29H,13,15H2/t22-,26-,27+/m1/s1. The minimum Gasteiger partial charge on any atom is -0.454 e. The predicted molar refractivity (Wildman–Crippen MR) is 123 cm³/mol. The van der Waals surface area contributed by atoms with Crippen molar-refractivity contribution < 1.29 is 9.47 Å². The monoisotopic (exact) mass is 406 g/mol. The van der Waals surface area contributed by atoms with E-state index in [4.69, 9.17) is 9.47 Å². The molecule has 4 heteroatoms. The molecule has 0 radical (unpaired) electrons. The molecule has 0 amide bonds. The molecule has 4 nitrogen and oxygen atoms in total. The number of benzene rings is 4. The summed E-state index contributed by atoms with van der Waals surface area (Å²) in [5.74, 6) is 2.03. The van der Waals surface area contributed by atoms with Crippen LogP contribution in [0.3, 0.4) is 0 Å². The number of hydrogen-bond acceptors (Lipinski definition) is 4. The zero-order chi connectivity index (χ0) is 20.4. The van der Waals surface area contributed by atoms with Crippen molar-refractivity contribution in [2.24, 2.45) is 0 Å². The topological polar surface area (TPSA) is 42.5 Å². The number of para-hydroxylation sites is 1. The van der Waals surface area contributed by atoms with Crippen LogP contribution >= 0.6 is 0 Å². The minimum absolute atomic E-state index is 0.249. The normalized spacial score (nSPS) is 22.3. The highest BCUT2D eigenvalue weighted by molar-refractivity contribution is 5.92. The van der Waals surface area contributed by atoms with Crippen LogP contribution in [0.1, 0.15) is 28.7 Å². The molecule has 0 aliphatic carbocycles. The van der Waals surface area contributed by atoms with E-state index in [1.807, 2.05) is 6.07 Å². The summed E-state index contributed by atoms with van der Waals surface area (Å²) >= 11 is 0. The summed E-state index contributed by atoms with van der Waals surface area (Å²) in [4.78, 5) is 0. The van der Waals surface area contributed by atoms with Gasteiger partial charge in [0.1, 0.15) is 0 Å². The summed E-state index contributed by atoms with van der Waals surface area (Å²) in [5, 5.41) is 10.4. The zero-order valence-electron chi connectivity index (χ0n) is 17.0. The maximum absolute atomic E-state index is 5.62. The Morgan fingerprint density at radius 2 is 1.65 bits per heavy atom. The lowest BCUT2D eigenvalue weighted by Gasteiger charge is -2.38. The van der Waals surface area contributed by atoms with E-state index < -0.39 is 0 Å². The van der Waals surface area contributed by atoms with Crippen molar-refractivity contribution in [3.8, 4) is 11.5 Å². The molecule has 4 aromatic carbocycles. The van der Waals surface area contributed by atoms with Crippen LogP contribution < -0.4 is 20.1 Å². The van der Waals surface area contributed by atoms with Crippen LogP contribution in [-0.4, -0.2) is 12.8 Å². The molecule has 3 heterocycles. The van der Waals surface area contributed by atoms with Gasteiger partial charge in [-0.05, 0) is 52.6 Å². The van der Waals surface area contributed by atoms with Gasteiger partial charge >= 0.3 is 0 Å². The smallest absolute Gasteiger partial charge is 0.231 e. The Morgan fingerprint density at radius 1 is 0.774 bits per heavy atom. The second-order valence-corrected chi connectivity index (χ2v) is 8.63. The van der Waals surface area contributed by atoms with Crippen molar-refractivity contribution in [3.05, 3.63) is 95.6 Å². The highest BCUT2D eigenvalue weighted by atomic mass is 16.7. The van der Waals surface area contributed by atoms with Crippen molar-refractivity contribution in [1.29, 1.82) is 0 Å². The molecule has 2 N–H and O–H groups in total. The van der Waals surface area contributed by atoms with E-state index in [0.717, 1.165) is 17.9 Å². The van der Waals surface area contributed by atoms with Crippen molar-refractivity contribution in [1.82, 2.24) is 0 Å². The number of nitrogens with one attached hydrogen (secondary N) is 2. The first-order chi connectivity index (χ1) is 15.3. The molecule has 4 aromatic rings. The fourth-order valence-electron chi connectivity index (χ4n) is 5.60. The van der Waals surface area contributed by atoms with Gasteiger partial charge in [-0.3, -0.25) is 0 Å². The van der Waals surface area contributed by atoms with Gasteiger partial charge in [-0.1, -0.05) is 54.6 Å². The van der Waals surface area contributed by atoms with Crippen molar-refractivity contribution >= 4 is 22.1 Å². The highest BCUT2D eigenvalue weighted by Crippen LogP contribution is 2.53. The van der Waals surface area contributed by atoms with E-state index in [-0.39, 0.29) is 12.1 Å². The van der Waals surface area contributed by atoms with Crippen LogP contribution in [0.25, 0.3) is 10.8 Å². The molecule has 0 spiro atoms. The maximum Gasteiger partial charge on any atom is 0.231 e. The maximum atomic E-state index is 5.62. The Kier molecular flexibility index (Phi) is 3.53. The number of hydrogen-bond donors (Lipinski definition) is 2. The van der Waals surface area contributed by atoms with Gasteiger partial charge in [0.25, 0.3) is 0 Å². The van der Waals surface area contributed by atoms with Gasteiger partial charge in [-0.15, -0.1) is 0 Å². The molecule has 0 saturated heterocycles. The fraction of sp³-hybridized carbons (Fsp3) is 0.185. The summed E-state index contributed by atoms with van der Waals surface area (Å²) in [7, 11) is 0. The van der Waals surface area contributed by atoms with E-state index in [0.29, 0.717) is 12.7 Å². The predicted octanol–water partition coefficient (Wildman–Crippen LogP) is 5.86. The Bertz CT molecular complexity index is 1330. The van der Waals surface area contributed by atoms with E-state index >= 15 is 0 Å². The Labute approximate surface area is 180 Å². The SMILES string of the molecule is c1ccc2c(c1)N[C@H]1c3c(ccc4ccccc34)N[C@H](Cc3ccc4c(c3)OCO4)[C@@H]21. The van der Waals surface area contributed by atoms with Gasteiger partial charge < -0.3 is 20.1 Å². The van der Waals surface area contributed by atoms with Crippen LogP contribution in [0, 0.1) is 0 Å². The number of anilines is 2. The molecule has 152 valence electrons. The highest BCUT2D eigenvalue weighted by Gasteiger charge is 2.43. The van der Waals surface area contributed by atoms with Gasteiger partial charge in [0.2, 0.25) is 6.79 Å². The second kappa shape index (κ2) is 6.42. The second-order valence-electron chi connectivity index (χ2n) is 8.63. The zero-order valence-corrected chi connectivity index (χ0v) is 17.0. The first-order valence-electron chi connectivity index (χ1n) is 10.9. The lowest BCUT2D eigenvalue weighted by Crippen LogP contribution is -2.37. The average molecular weight is 406 g/mol. The first kappa shape index (κ1) is 17.1. The largest absolute Gasteiger partial charge is 0.454 e. The number of fused-ring (bicyclic) bond motifs is 8. The first-order valence-corrected chi connectivity index (χ1v) is 10.9. The molecule has 31 heavy (non-hydrogen) atoms. The van der Waals surface area contributed by atoms with Crippen molar-refractivity contribution in [2.75, 3.05) is 17.4 Å². The van der Waals surface area contributed by atoms with E-state index in [1.54, 1.807) is 0 Å². The van der Waals surface area contributed by atoms with Crippen molar-refractivity contribution in [2.45, 2.75) is 24.4 Å². The van der Waals surface area contributed by atoms with Crippen LogP contribution in [0.5, 0.6) is 11.5 Å². The summed E-state index contributed by atoms with van der Waals surface area (Å²) < 4.78 is 11.1. The lowest BCUT2D eigenvalue weighted by atomic mass is 9.77. The van der Waals surface area contributed by atoms with Crippen molar-refractivity contribution in [3.63, 3.8) is 0 Å². The molecular formula is C27H22N2O2. The van der Waals surface area contributed by atoms with Gasteiger partial charge in [0.05, 0.1) is 6.04 Å². The molecule has 7 rings (SSSR count).